The zero-order valence-electron chi connectivity index (χ0n) is 29.7. The lowest BCUT2D eigenvalue weighted by Gasteiger charge is -2.42. The second kappa shape index (κ2) is 22.0. The van der Waals surface area contributed by atoms with Gasteiger partial charge in [-0.1, -0.05) is 83.8 Å². The van der Waals surface area contributed by atoms with Gasteiger partial charge in [-0.25, -0.2) is 9.97 Å². The van der Waals surface area contributed by atoms with Crippen LogP contribution in [-0.2, 0) is 14.3 Å². The molecule has 2 atom stereocenters. The zero-order valence-corrected chi connectivity index (χ0v) is 29.7. The minimum absolute atomic E-state index is 0.000103. The number of nitrogens with zero attached hydrogens (tertiary/aromatic N) is 6. The van der Waals surface area contributed by atoms with E-state index in [1.807, 2.05) is 24.1 Å². The first-order valence-electron chi connectivity index (χ1n) is 18.4. The monoisotopic (exact) mass is 662 g/mol. The van der Waals surface area contributed by atoms with E-state index in [1.165, 1.54) is 81.5 Å². The molecule has 0 unspecified atom stereocenters. The number of esters is 1. The van der Waals surface area contributed by atoms with Crippen LogP contribution < -0.4 is 4.90 Å². The van der Waals surface area contributed by atoms with Crippen molar-refractivity contribution < 1.29 is 19.1 Å². The van der Waals surface area contributed by atoms with E-state index < -0.39 is 0 Å². The maximum absolute atomic E-state index is 13.1. The van der Waals surface area contributed by atoms with Crippen LogP contribution in [0.4, 0.5) is 5.82 Å². The lowest BCUT2D eigenvalue weighted by molar-refractivity contribution is -0.143. The van der Waals surface area contributed by atoms with Crippen LogP contribution >= 0.6 is 0 Å². The number of anilines is 1. The molecule has 2 aromatic rings. The summed E-state index contributed by atoms with van der Waals surface area (Å²) in [6, 6.07) is 3.77. The number of aromatic nitrogens is 3. The molecule has 1 amide bonds. The third-order valence-electron chi connectivity index (χ3n) is 9.52. The molecule has 1 aliphatic heterocycles. The molecule has 48 heavy (non-hydrogen) atoms. The fourth-order valence-electron chi connectivity index (χ4n) is 6.47. The van der Waals surface area contributed by atoms with E-state index in [-0.39, 0.29) is 43.1 Å². The molecule has 264 valence electrons. The van der Waals surface area contributed by atoms with Gasteiger partial charge in [0.15, 0.2) is 5.65 Å². The van der Waals surface area contributed by atoms with Crippen molar-refractivity contribution in [2.24, 2.45) is 5.92 Å². The van der Waals surface area contributed by atoms with Crippen molar-refractivity contribution in [1.29, 1.82) is 5.26 Å². The van der Waals surface area contributed by atoms with Crippen molar-refractivity contribution in [3.8, 4) is 6.07 Å². The molecule has 2 aromatic heterocycles. The van der Waals surface area contributed by atoms with Crippen molar-refractivity contribution in [3.63, 3.8) is 0 Å². The minimum atomic E-state index is -0.357. The number of nitriles is 1. The number of ether oxygens (including phenoxy) is 1. The molecular formula is C38H58N6O4. The van der Waals surface area contributed by atoms with Crippen molar-refractivity contribution in [3.05, 3.63) is 30.7 Å². The quantitative estimate of drug-likeness (QED) is 0.0706. The first-order valence-corrected chi connectivity index (χ1v) is 18.4. The second-order valence-electron chi connectivity index (χ2n) is 13.3. The van der Waals surface area contributed by atoms with E-state index in [9.17, 15) is 14.4 Å². The molecule has 0 radical (unpaired) electrons. The predicted molar refractivity (Wildman–Crippen MR) is 191 cm³/mol. The molecule has 0 spiro atoms. The number of unbranched alkanes of at least 4 members (excludes halogenated alkanes) is 12. The van der Waals surface area contributed by atoms with Gasteiger partial charge in [0, 0.05) is 32.8 Å². The van der Waals surface area contributed by atoms with Crippen LogP contribution in [0.25, 0.3) is 11.0 Å². The first kappa shape index (κ1) is 38.7. The molecule has 0 aliphatic carbocycles. The largest absolute Gasteiger partial charge is 0.466 e. The summed E-state index contributed by atoms with van der Waals surface area (Å²) < 4.78 is 6.87. The highest BCUT2D eigenvalue weighted by atomic mass is 16.5. The van der Waals surface area contributed by atoms with E-state index in [4.69, 9.17) is 10.00 Å². The number of piperidine rings is 1. The number of rotatable bonds is 22. The maximum atomic E-state index is 13.1. The molecule has 10 nitrogen and oxygen atoms in total. The summed E-state index contributed by atoms with van der Waals surface area (Å²) in [7, 11) is 1.94. The average molecular weight is 663 g/mol. The van der Waals surface area contributed by atoms with Gasteiger partial charge >= 0.3 is 5.97 Å². The van der Waals surface area contributed by atoms with Gasteiger partial charge in [0.05, 0.1) is 30.5 Å². The highest BCUT2D eigenvalue weighted by Crippen LogP contribution is 2.30. The topological polar surface area (TPSA) is 121 Å². The zero-order chi connectivity index (χ0) is 34.6. The van der Waals surface area contributed by atoms with E-state index in [0.717, 1.165) is 31.1 Å². The van der Waals surface area contributed by atoms with Crippen molar-refractivity contribution in [1.82, 2.24) is 19.4 Å². The summed E-state index contributed by atoms with van der Waals surface area (Å²) in [5.41, 5.74) is 0.482. The van der Waals surface area contributed by atoms with Crippen LogP contribution in [0, 0.1) is 17.2 Å². The molecule has 0 N–H and O–H groups in total. The number of likely N-dealkylation sites (tertiary alicyclic amines) is 1. The van der Waals surface area contributed by atoms with Gasteiger partial charge in [0.1, 0.15) is 18.6 Å². The van der Waals surface area contributed by atoms with Gasteiger partial charge in [-0.3, -0.25) is 19.0 Å². The summed E-state index contributed by atoms with van der Waals surface area (Å²) in [5.74, 6) is 0.231. The Morgan fingerprint density at radius 2 is 1.62 bits per heavy atom. The fraction of sp³-hybridized carbons (Fsp3) is 0.684. The highest BCUT2D eigenvalue weighted by Gasteiger charge is 2.33. The number of fused-ring (bicyclic) bond motifs is 1. The third kappa shape index (κ3) is 12.7. The van der Waals surface area contributed by atoms with E-state index >= 15 is 0 Å². The molecule has 3 heterocycles. The Morgan fingerprint density at radius 3 is 2.31 bits per heavy atom. The van der Waals surface area contributed by atoms with Crippen LogP contribution in [0.1, 0.15) is 134 Å². The van der Waals surface area contributed by atoms with Gasteiger partial charge in [-0.05, 0) is 50.5 Å². The third-order valence-corrected chi connectivity index (χ3v) is 9.52. The van der Waals surface area contributed by atoms with Crippen molar-refractivity contribution in [2.75, 3.05) is 31.6 Å². The van der Waals surface area contributed by atoms with Crippen LogP contribution in [-0.4, -0.2) is 70.0 Å². The van der Waals surface area contributed by atoms with Gasteiger partial charge < -0.3 is 14.5 Å². The molecule has 0 saturated carbocycles. The van der Waals surface area contributed by atoms with Gasteiger partial charge in [0.2, 0.25) is 11.8 Å². The van der Waals surface area contributed by atoms with Crippen LogP contribution in [0.15, 0.2) is 30.7 Å². The molecule has 3 rings (SSSR count). The Hall–Kier alpha value is -3.74. The Balaban J connectivity index is 1.32. The standard InChI is InChI=1S/C38H58N6O4/c1-4-5-6-7-8-9-10-11-12-13-14-15-16-17-18-19-28-48-36(47)21-20-35(46)44-27-24-32-37(40-30-41-38(32)44)42(3)33-29-43(26-23-31(33)2)34(45)22-25-39/h11-12,24,27,30-31,33H,4-10,13-23,26,28-29H2,1-3H3/b12-11-/t31-,33-/m0/s1. The van der Waals surface area contributed by atoms with Crippen molar-refractivity contribution in [2.45, 2.75) is 135 Å². The van der Waals surface area contributed by atoms with Crippen LogP contribution in [0.2, 0.25) is 0 Å². The molecule has 1 aliphatic rings. The normalized spacial score (nSPS) is 16.3. The summed E-state index contributed by atoms with van der Waals surface area (Å²) in [6.45, 7) is 5.94. The molecule has 0 aromatic carbocycles. The molecule has 10 heteroatoms. The molecule has 1 saturated heterocycles. The number of amides is 1. The van der Waals surface area contributed by atoms with E-state index in [2.05, 4.69) is 36.0 Å². The number of carbonyl (C=O) groups is 3. The Morgan fingerprint density at radius 1 is 0.958 bits per heavy atom. The first-order chi connectivity index (χ1) is 23.4. The Bertz CT molecular complexity index is 1350. The number of allylic oxidation sites excluding steroid dienone is 2. The number of likely N-dealkylation sites (N-methyl/N-ethyl adjacent to an activating group) is 1. The van der Waals surface area contributed by atoms with E-state index in [0.29, 0.717) is 37.1 Å². The highest BCUT2D eigenvalue weighted by molar-refractivity contribution is 5.96. The summed E-state index contributed by atoms with van der Waals surface area (Å²) in [6.07, 6.45) is 25.8. The number of hydrogen-bond donors (Lipinski definition) is 0. The predicted octanol–water partition coefficient (Wildman–Crippen LogP) is 8.02. The molecule has 0 bridgehead atoms. The lowest BCUT2D eigenvalue weighted by atomic mass is 9.92. The smallest absolute Gasteiger partial charge is 0.306 e. The van der Waals surface area contributed by atoms with E-state index in [1.54, 1.807) is 11.1 Å². The van der Waals surface area contributed by atoms with Crippen LogP contribution in [0.5, 0.6) is 0 Å². The number of hydrogen-bond acceptors (Lipinski definition) is 8. The summed E-state index contributed by atoms with van der Waals surface area (Å²) >= 11 is 0. The molecule has 1 fully saturated rings. The number of carbonyl (C=O) groups excluding carboxylic acids is 3. The SMILES string of the molecule is CCCCCCCC/C=C\CCCCCCCCOC(=O)CCC(=O)n1ccc2c(N(C)[C@H]3CN(C(=O)CC#N)CC[C@@H]3C)ncnc21. The van der Waals surface area contributed by atoms with Gasteiger partial charge in [-0.15, -0.1) is 0 Å². The summed E-state index contributed by atoms with van der Waals surface area (Å²) in [5, 5.41) is 9.68. The lowest BCUT2D eigenvalue weighted by Crippen LogP contribution is -2.52. The Kier molecular flexibility index (Phi) is 17.7. The van der Waals surface area contributed by atoms with Gasteiger partial charge in [0.25, 0.3) is 0 Å². The van der Waals surface area contributed by atoms with Gasteiger partial charge in [-0.2, -0.15) is 5.26 Å². The Labute approximate surface area is 287 Å². The van der Waals surface area contributed by atoms with Crippen LogP contribution in [0.3, 0.4) is 0 Å². The van der Waals surface area contributed by atoms with Crippen molar-refractivity contribution >= 4 is 34.6 Å². The average Bonchev–Trinajstić information content (AvgIpc) is 3.53. The summed E-state index contributed by atoms with van der Waals surface area (Å²) in [4.78, 5) is 50.5. The molecular weight excluding hydrogens is 604 g/mol. The fourth-order valence-corrected chi connectivity index (χ4v) is 6.47. The second-order valence-corrected chi connectivity index (χ2v) is 13.3. The maximum Gasteiger partial charge on any atom is 0.306 e. The minimum Gasteiger partial charge on any atom is -0.466 e.